The van der Waals surface area contributed by atoms with Crippen LogP contribution in [0.4, 0.5) is 26.3 Å². The zero-order chi connectivity index (χ0) is 25.1. The van der Waals surface area contributed by atoms with Gasteiger partial charge in [-0.1, -0.05) is 0 Å². The maximum absolute atomic E-state index is 12.9. The summed E-state index contributed by atoms with van der Waals surface area (Å²) in [5.41, 5.74) is -8.92. The molecule has 4 rings (SSSR count). The number of halogens is 6. The Morgan fingerprint density at radius 1 is 0.600 bits per heavy atom. The zero-order valence-electron chi connectivity index (χ0n) is 17.8. The van der Waals surface area contributed by atoms with Crippen molar-refractivity contribution < 1.29 is 53.1 Å². The molecule has 2 aliphatic carbocycles. The first kappa shape index (κ1) is 26.2. The number of benzene rings is 2. The average Bonchev–Trinajstić information content (AvgIpc) is 3.46. The molecule has 0 amide bonds. The van der Waals surface area contributed by atoms with Crippen LogP contribution in [0.25, 0.3) is 0 Å². The SMILES string of the molecule is FC(F)(F)Sc1cccc([O][Zr]([O]c2cccc(SC(F)(F)F)c2)([CH]2C=CC=C2)[CH]2C=CC=C2)c1. The van der Waals surface area contributed by atoms with Crippen LogP contribution in [0.1, 0.15) is 0 Å². The number of hydrogen-bond acceptors (Lipinski definition) is 4. The number of allylic oxidation sites excluding steroid dienone is 8. The van der Waals surface area contributed by atoms with Gasteiger partial charge in [-0.25, -0.2) is 0 Å². The van der Waals surface area contributed by atoms with Gasteiger partial charge in [0.2, 0.25) is 0 Å². The standard InChI is InChI=1S/2C7H5F3OS.2C5H5.Zr/c2*8-7(9,10)12-6-3-1-2-5(11)4-6;2*1-2-4-5-3-1;/h2*1-4,11H;2*1-5H;/q;;;;+2/p-2. The van der Waals surface area contributed by atoms with Gasteiger partial charge in [-0.15, -0.1) is 0 Å². The van der Waals surface area contributed by atoms with E-state index in [1.165, 1.54) is 36.4 Å². The fourth-order valence-corrected chi connectivity index (χ4v) is 13.6. The molecule has 0 heterocycles. The van der Waals surface area contributed by atoms with Gasteiger partial charge in [0.05, 0.1) is 0 Å². The third-order valence-electron chi connectivity index (χ3n) is 5.06. The Balaban J connectivity index is 1.74. The molecule has 2 nitrogen and oxygen atoms in total. The molecule has 184 valence electrons. The molecule has 0 atom stereocenters. The predicted octanol–water partition coefficient (Wildman–Crippen LogP) is 9.18. The minimum atomic E-state index is -4.52. The van der Waals surface area contributed by atoms with Gasteiger partial charge in [0.1, 0.15) is 0 Å². The molecule has 2 aromatic rings. The van der Waals surface area contributed by atoms with E-state index in [-0.39, 0.29) is 52.1 Å². The summed E-state index contributed by atoms with van der Waals surface area (Å²) in [7, 11) is 0. The molecule has 0 aromatic heterocycles. The van der Waals surface area contributed by atoms with Gasteiger partial charge in [0, 0.05) is 0 Å². The Labute approximate surface area is 212 Å². The van der Waals surface area contributed by atoms with E-state index in [2.05, 4.69) is 0 Å². The summed E-state index contributed by atoms with van der Waals surface area (Å²) in [6.07, 6.45) is 14.9. The molecule has 0 N–H and O–H groups in total. The third-order valence-corrected chi connectivity index (χ3v) is 15.7. The van der Waals surface area contributed by atoms with Crippen LogP contribution in [0, 0.1) is 0 Å². The van der Waals surface area contributed by atoms with E-state index < -0.39 is 32.2 Å². The second-order valence-corrected chi connectivity index (χ2v) is 17.7. The Bertz CT molecular complexity index is 1060. The Kier molecular flexibility index (Phi) is 7.98. The van der Waals surface area contributed by atoms with Crippen LogP contribution < -0.4 is 5.63 Å². The predicted molar refractivity (Wildman–Crippen MR) is 122 cm³/mol. The average molecular weight is 608 g/mol. The quantitative estimate of drug-likeness (QED) is 0.220. The van der Waals surface area contributed by atoms with Crippen LogP contribution >= 0.6 is 23.5 Å². The summed E-state index contributed by atoms with van der Waals surface area (Å²) in [5, 5.41) is 0. The molecule has 0 radical (unpaired) electrons. The number of thioether (sulfide) groups is 2. The van der Waals surface area contributed by atoms with Crippen LogP contribution in [0.5, 0.6) is 11.5 Å². The molecule has 0 spiro atoms. The van der Waals surface area contributed by atoms with E-state index in [1.54, 1.807) is 12.1 Å². The molecule has 2 aromatic carbocycles. The maximum atomic E-state index is 12.9. The third kappa shape index (κ3) is 7.11. The van der Waals surface area contributed by atoms with Crippen LogP contribution in [0.2, 0.25) is 7.25 Å². The van der Waals surface area contributed by atoms with Crippen molar-refractivity contribution in [2.45, 2.75) is 28.1 Å². The summed E-state index contributed by atoms with van der Waals surface area (Å²) in [5.74, 6) is 0.441. The van der Waals surface area contributed by atoms with E-state index in [9.17, 15) is 26.3 Å². The van der Waals surface area contributed by atoms with Crippen molar-refractivity contribution in [3.05, 3.63) is 97.1 Å². The van der Waals surface area contributed by atoms with Crippen LogP contribution in [0.15, 0.2) is 107 Å². The van der Waals surface area contributed by atoms with Crippen molar-refractivity contribution in [2.24, 2.45) is 0 Å². The first-order chi connectivity index (χ1) is 16.5. The number of rotatable bonds is 8. The Morgan fingerprint density at radius 2 is 0.971 bits per heavy atom. The fraction of sp³-hybridized carbons (Fsp3) is 0.167. The van der Waals surface area contributed by atoms with Gasteiger partial charge < -0.3 is 0 Å². The van der Waals surface area contributed by atoms with Crippen molar-refractivity contribution in [1.82, 2.24) is 0 Å². The van der Waals surface area contributed by atoms with Crippen molar-refractivity contribution in [1.29, 1.82) is 0 Å². The summed E-state index contributed by atoms with van der Waals surface area (Å²) in [4.78, 5) is -0.0671. The van der Waals surface area contributed by atoms with Crippen molar-refractivity contribution in [3.63, 3.8) is 0 Å². The van der Waals surface area contributed by atoms with Crippen molar-refractivity contribution in [2.75, 3.05) is 0 Å². The number of hydrogen-bond donors (Lipinski definition) is 0. The van der Waals surface area contributed by atoms with Crippen LogP contribution in [-0.2, 0) is 21.1 Å². The molecule has 0 saturated carbocycles. The van der Waals surface area contributed by atoms with E-state index in [0.29, 0.717) is 0 Å². The molecule has 0 aliphatic heterocycles. The second kappa shape index (κ2) is 10.6. The summed E-state index contributed by atoms with van der Waals surface area (Å²) < 4.78 is 90.2. The molecule has 0 unspecified atom stereocenters. The zero-order valence-corrected chi connectivity index (χ0v) is 21.9. The molecular formula is C24H18F6O2S2Zr. The van der Waals surface area contributed by atoms with Crippen molar-refractivity contribution >= 4 is 23.5 Å². The van der Waals surface area contributed by atoms with Gasteiger partial charge >= 0.3 is 213 Å². The molecule has 0 bridgehead atoms. The van der Waals surface area contributed by atoms with Gasteiger partial charge in [-0.2, -0.15) is 0 Å². The molecule has 11 heteroatoms. The molecule has 0 fully saturated rings. The van der Waals surface area contributed by atoms with Crippen molar-refractivity contribution in [3.8, 4) is 11.5 Å². The summed E-state index contributed by atoms with van der Waals surface area (Å²) >= 11 is -5.01. The summed E-state index contributed by atoms with van der Waals surface area (Å²) in [6, 6.07) is 11.4. The van der Waals surface area contributed by atoms with E-state index in [4.69, 9.17) is 5.63 Å². The van der Waals surface area contributed by atoms with Gasteiger partial charge in [-0.3, -0.25) is 0 Å². The monoisotopic (exact) mass is 606 g/mol. The molecule has 35 heavy (non-hydrogen) atoms. The minimum absolute atomic E-state index is 0.0335. The molecular weight excluding hydrogens is 590 g/mol. The van der Waals surface area contributed by atoms with E-state index in [1.807, 2.05) is 48.6 Å². The molecule has 0 saturated heterocycles. The number of alkyl halides is 6. The summed E-state index contributed by atoms with van der Waals surface area (Å²) in [6.45, 7) is 0. The van der Waals surface area contributed by atoms with E-state index in [0.717, 1.165) is 0 Å². The normalized spacial score (nSPS) is 16.4. The second-order valence-electron chi connectivity index (χ2n) is 7.56. The first-order valence-corrected chi connectivity index (χ1v) is 16.8. The van der Waals surface area contributed by atoms with E-state index >= 15 is 0 Å². The van der Waals surface area contributed by atoms with Gasteiger partial charge in [-0.05, 0) is 0 Å². The molecule has 2 aliphatic rings. The first-order valence-electron chi connectivity index (χ1n) is 10.3. The Morgan fingerprint density at radius 3 is 1.31 bits per heavy atom. The topological polar surface area (TPSA) is 18.5 Å². The van der Waals surface area contributed by atoms with Gasteiger partial charge in [0.15, 0.2) is 0 Å². The van der Waals surface area contributed by atoms with Crippen LogP contribution in [0.3, 0.4) is 0 Å². The Hall–Kier alpha value is -1.84. The van der Waals surface area contributed by atoms with Gasteiger partial charge in [0.25, 0.3) is 0 Å². The fourth-order valence-electron chi connectivity index (χ4n) is 3.75. The van der Waals surface area contributed by atoms with Crippen LogP contribution in [-0.4, -0.2) is 11.0 Å².